The van der Waals surface area contributed by atoms with Crippen molar-refractivity contribution in [1.82, 2.24) is 26.3 Å². The fraction of sp³-hybridized carbons (Fsp3) is 0.810. The Labute approximate surface area is 321 Å². The summed E-state index contributed by atoms with van der Waals surface area (Å²) in [7, 11) is 0. The molecule has 8 nitrogen and oxygen atoms in total. The zero-order chi connectivity index (χ0) is 35.2. The standard InChI is InChI=1S/C21H35N5.C11H19O.C10H18O2.Mn/c1-3-10-20-18(8-1)22-12-13-23-19-9-2-4-11-21(19)25-15-17-7-5-6-16(26-17)14-24-20;1-10(12)6-5-9-11-7-3-2-4-8-11;11-10(12)8-4-7-9-5-2-1-3-6-9;/h5-7,18-25H,1-4,8-15H2;11H,1-9H2;9H,1-8H2,(H,11,12);/q;-1;;/t18?,19?,20-,21-;;;/m1.../s1. The molecular weight excluding hydrogens is 677 g/mol. The number of rotatable bonds is 8. The van der Waals surface area contributed by atoms with E-state index in [2.05, 4.69) is 46.4 Å². The van der Waals surface area contributed by atoms with Crippen molar-refractivity contribution in [3.63, 3.8) is 0 Å². The third kappa shape index (κ3) is 18.4. The smallest absolute Gasteiger partial charge is 0.303 e. The summed E-state index contributed by atoms with van der Waals surface area (Å²) in [6, 6.07) is 8.81. The summed E-state index contributed by atoms with van der Waals surface area (Å²) in [5, 5.41) is 23.7. The van der Waals surface area contributed by atoms with Crippen LogP contribution in [0.3, 0.4) is 0 Å². The van der Waals surface area contributed by atoms with Crippen LogP contribution in [0.2, 0.25) is 0 Å². The minimum Gasteiger partial charge on any atom is -0.481 e. The molecular formula is C42H72MnN5O3-. The molecule has 1 radical (unpaired) electrons. The Morgan fingerprint density at radius 3 is 1.41 bits per heavy atom. The Hall–Kier alpha value is -1.48. The van der Waals surface area contributed by atoms with Gasteiger partial charge in [0.1, 0.15) is 0 Å². The van der Waals surface area contributed by atoms with Crippen molar-refractivity contribution >= 4 is 11.8 Å². The van der Waals surface area contributed by atoms with Crippen molar-refractivity contribution in [2.24, 2.45) is 11.8 Å². The predicted octanol–water partition coefficient (Wildman–Crippen LogP) is 8.04. The molecule has 4 fully saturated rings. The van der Waals surface area contributed by atoms with Gasteiger partial charge in [-0.3, -0.25) is 9.78 Å². The molecule has 5 aliphatic rings. The number of Topliss-reactive ketones (excluding diaryl/α,β-unsaturated/α-hetero) is 1. The van der Waals surface area contributed by atoms with Crippen LogP contribution in [0.1, 0.15) is 165 Å². The molecule has 0 aromatic carbocycles. The van der Waals surface area contributed by atoms with Gasteiger partial charge in [-0.15, -0.1) is 0 Å². The molecule has 2 bridgehead atoms. The molecule has 4 atom stereocenters. The van der Waals surface area contributed by atoms with Crippen molar-refractivity contribution in [3.05, 3.63) is 36.5 Å². The van der Waals surface area contributed by atoms with Crippen LogP contribution in [0, 0.1) is 18.8 Å². The Morgan fingerprint density at radius 2 is 1.00 bits per heavy atom. The molecule has 4 aliphatic carbocycles. The van der Waals surface area contributed by atoms with E-state index in [0.717, 1.165) is 57.3 Å². The second-order valence-corrected chi connectivity index (χ2v) is 16.0. The summed E-state index contributed by atoms with van der Waals surface area (Å²) in [4.78, 5) is 25.7. The molecule has 5 N–H and O–H groups in total. The van der Waals surface area contributed by atoms with Gasteiger partial charge in [-0.2, -0.15) is 0 Å². The van der Waals surface area contributed by atoms with Gasteiger partial charge in [0.2, 0.25) is 0 Å². The van der Waals surface area contributed by atoms with Crippen molar-refractivity contribution < 1.29 is 31.8 Å². The van der Waals surface area contributed by atoms with Gasteiger partial charge in [-0.25, -0.2) is 0 Å². The third-order valence-electron chi connectivity index (χ3n) is 11.9. The largest absolute Gasteiger partial charge is 0.481 e. The number of aromatic nitrogens is 1. The number of carbonyl (C=O) groups is 2. The van der Waals surface area contributed by atoms with E-state index in [1.54, 1.807) is 0 Å². The van der Waals surface area contributed by atoms with E-state index in [4.69, 9.17) is 10.1 Å². The average molecular weight is 750 g/mol. The summed E-state index contributed by atoms with van der Waals surface area (Å²) < 4.78 is 0. The molecule has 4 saturated carbocycles. The van der Waals surface area contributed by atoms with Crippen LogP contribution < -0.4 is 21.3 Å². The number of carbonyl (C=O) groups excluding carboxylic acids is 1. The van der Waals surface area contributed by atoms with Gasteiger partial charge in [-0.1, -0.05) is 102 Å². The number of nitrogens with one attached hydrogen (secondary N) is 4. The first-order valence-corrected chi connectivity index (χ1v) is 20.9. The molecule has 51 heavy (non-hydrogen) atoms. The van der Waals surface area contributed by atoms with Gasteiger partial charge >= 0.3 is 5.97 Å². The molecule has 9 heteroatoms. The van der Waals surface area contributed by atoms with Crippen molar-refractivity contribution in [2.45, 2.75) is 191 Å². The molecule has 0 amide bonds. The first kappa shape index (κ1) is 43.9. The topological polar surface area (TPSA) is 115 Å². The minimum absolute atomic E-state index is 0. The first-order chi connectivity index (χ1) is 24.5. The summed E-state index contributed by atoms with van der Waals surface area (Å²) in [5.74, 6) is 1.20. The number of hydrogen-bond acceptors (Lipinski definition) is 7. The van der Waals surface area contributed by atoms with Gasteiger partial charge in [0, 0.05) is 73.8 Å². The minimum atomic E-state index is -0.647. The molecule has 2 unspecified atom stereocenters. The number of carboxylic acid groups (broad SMARTS) is 1. The molecule has 2 heterocycles. The number of nitrogens with zero attached hydrogens (tertiary/aromatic N) is 1. The fourth-order valence-electron chi connectivity index (χ4n) is 9.03. The second kappa shape index (κ2) is 26.3. The van der Waals surface area contributed by atoms with Gasteiger partial charge in [0.15, 0.2) is 0 Å². The second-order valence-electron chi connectivity index (χ2n) is 16.0. The molecule has 1 aliphatic heterocycles. The zero-order valence-electron chi connectivity index (χ0n) is 31.8. The van der Waals surface area contributed by atoms with Crippen LogP contribution >= 0.6 is 0 Å². The van der Waals surface area contributed by atoms with E-state index in [1.807, 2.05) is 0 Å². The van der Waals surface area contributed by atoms with Gasteiger partial charge in [0.25, 0.3) is 0 Å². The van der Waals surface area contributed by atoms with E-state index in [0.29, 0.717) is 37.0 Å². The van der Waals surface area contributed by atoms with E-state index >= 15 is 0 Å². The van der Waals surface area contributed by atoms with Gasteiger partial charge in [0.05, 0.1) is 11.4 Å². The summed E-state index contributed by atoms with van der Waals surface area (Å²) >= 11 is 0. The third-order valence-corrected chi connectivity index (χ3v) is 11.9. The molecule has 1 aromatic rings. The van der Waals surface area contributed by atoms with Crippen LogP contribution in [0.5, 0.6) is 0 Å². The Balaban J connectivity index is 0.000000235. The summed E-state index contributed by atoms with van der Waals surface area (Å²) in [5.41, 5.74) is 2.34. The number of pyridine rings is 1. The molecule has 6 rings (SSSR count). The zero-order valence-corrected chi connectivity index (χ0v) is 33.0. The van der Waals surface area contributed by atoms with Crippen LogP contribution in [-0.4, -0.2) is 59.1 Å². The number of aliphatic carboxylic acids is 1. The number of fused-ring (bicyclic) bond motifs is 4. The van der Waals surface area contributed by atoms with E-state index in [1.165, 1.54) is 133 Å². The SMILES string of the molecule is O=C(O)CCCC1CCCCC1.[CH2-]C(=O)CCCC1CCCCC1.[Mn].c1cc2nc(c1)CN[C@@H]1CCCCC1NCCNC1CCCC[C@H]1NC2. The Bertz CT molecular complexity index is 1000. The van der Waals surface area contributed by atoms with Crippen molar-refractivity contribution in [2.75, 3.05) is 13.1 Å². The van der Waals surface area contributed by atoms with Crippen molar-refractivity contribution in [1.29, 1.82) is 0 Å². The Morgan fingerprint density at radius 1 is 0.608 bits per heavy atom. The maximum absolute atomic E-state index is 10.6. The Kier molecular flexibility index (Phi) is 22.7. The van der Waals surface area contributed by atoms with Crippen LogP contribution in [-0.2, 0) is 39.7 Å². The van der Waals surface area contributed by atoms with E-state index < -0.39 is 5.97 Å². The predicted molar refractivity (Wildman–Crippen MR) is 205 cm³/mol. The summed E-state index contributed by atoms with van der Waals surface area (Å²) in [6.45, 7) is 7.27. The maximum atomic E-state index is 10.6. The first-order valence-electron chi connectivity index (χ1n) is 20.9. The number of ketones is 1. The van der Waals surface area contributed by atoms with Crippen LogP contribution in [0.25, 0.3) is 0 Å². The number of hydrogen-bond donors (Lipinski definition) is 5. The van der Waals surface area contributed by atoms with Crippen LogP contribution in [0.15, 0.2) is 18.2 Å². The normalized spacial score (nSPS) is 26.4. The van der Waals surface area contributed by atoms with E-state index in [9.17, 15) is 9.59 Å². The monoisotopic (exact) mass is 750 g/mol. The van der Waals surface area contributed by atoms with E-state index in [-0.39, 0.29) is 22.9 Å². The molecule has 0 saturated heterocycles. The quantitative estimate of drug-likeness (QED) is 0.134. The van der Waals surface area contributed by atoms with Gasteiger partial charge in [-0.05, 0) is 81.1 Å². The van der Waals surface area contributed by atoms with Crippen LogP contribution in [0.4, 0.5) is 0 Å². The molecule has 1 aromatic heterocycles. The van der Waals surface area contributed by atoms with Crippen molar-refractivity contribution in [3.8, 4) is 0 Å². The van der Waals surface area contributed by atoms with Gasteiger partial charge < -0.3 is 38.1 Å². The average Bonchev–Trinajstić information content (AvgIpc) is 3.14. The maximum Gasteiger partial charge on any atom is 0.303 e. The molecule has 291 valence electrons. The summed E-state index contributed by atoms with van der Waals surface area (Å²) in [6.07, 6.45) is 29.7. The fourth-order valence-corrected chi connectivity index (χ4v) is 9.03. The molecule has 0 spiro atoms. The number of carboxylic acids is 1.